The second-order valence-corrected chi connectivity index (χ2v) is 3.77. The number of methoxy groups -OCH3 is 1. The third-order valence-corrected chi connectivity index (χ3v) is 2.33. The molecule has 0 radical (unpaired) electrons. The highest BCUT2D eigenvalue weighted by atomic mass is 35.5. The lowest BCUT2D eigenvalue weighted by atomic mass is 10.2. The highest BCUT2D eigenvalue weighted by Crippen LogP contribution is 2.19. The topological polar surface area (TPSA) is 54.3 Å². The number of benzene rings is 1. The predicted molar refractivity (Wildman–Crippen MR) is 67.4 cm³/mol. The zero-order chi connectivity index (χ0) is 12.5. The molecule has 4 nitrogen and oxygen atoms in total. The van der Waals surface area contributed by atoms with E-state index < -0.39 is 0 Å². The summed E-state index contributed by atoms with van der Waals surface area (Å²) in [6.07, 6.45) is 0. The van der Waals surface area contributed by atoms with E-state index >= 15 is 0 Å². The van der Waals surface area contributed by atoms with Crippen molar-refractivity contribution in [1.29, 1.82) is 5.26 Å². The van der Waals surface area contributed by atoms with Gasteiger partial charge >= 0.3 is 0 Å². The van der Waals surface area contributed by atoms with Crippen LogP contribution in [0.5, 0.6) is 0 Å². The van der Waals surface area contributed by atoms with Gasteiger partial charge in [0.1, 0.15) is 6.07 Å². The minimum Gasteiger partial charge on any atom is -0.382 e. The minimum atomic E-state index is 0.536. The summed E-state index contributed by atoms with van der Waals surface area (Å²) in [5.41, 5.74) is 1.31. The van der Waals surface area contributed by atoms with Crippen molar-refractivity contribution in [3.63, 3.8) is 0 Å². The number of rotatable bonds is 7. The van der Waals surface area contributed by atoms with Gasteiger partial charge in [0.15, 0.2) is 0 Å². The lowest BCUT2D eigenvalue weighted by Gasteiger charge is -2.08. The largest absolute Gasteiger partial charge is 0.382 e. The molecule has 0 amide bonds. The van der Waals surface area contributed by atoms with Crippen LogP contribution in [0, 0.1) is 11.3 Å². The molecule has 0 unspecified atom stereocenters. The van der Waals surface area contributed by atoms with E-state index in [9.17, 15) is 0 Å². The van der Waals surface area contributed by atoms with Crippen molar-refractivity contribution in [3.8, 4) is 6.07 Å². The maximum absolute atomic E-state index is 8.92. The number of nitriles is 1. The fourth-order valence-corrected chi connectivity index (χ4v) is 1.44. The van der Waals surface area contributed by atoms with Gasteiger partial charge in [-0.1, -0.05) is 11.6 Å². The summed E-state index contributed by atoms with van der Waals surface area (Å²) in [5, 5.41) is 12.6. The van der Waals surface area contributed by atoms with Gasteiger partial charge in [-0.05, 0) is 18.2 Å². The summed E-state index contributed by atoms with van der Waals surface area (Å²) in [7, 11) is 1.63. The molecule has 1 aromatic rings. The Kier molecular flexibility index (Phi) is 6.41. The minimum absolute atomic E-state index is 0.536. The number of hydrogen-bond donors (Lipinski definition) is 1. The van der Waals surface area contributed by atoms with E-state index in [-0.39, 0.29) is 0 Å². The maximum Gasteiger partial charge on any atom is 0.101 e. The summed E-state index contributed by atoms with van der Waals surface area (Å²) in [6, 6.07) is 7.26. The van der Waals surface area contributed by atoms with Crippen molar-refractivity contribution < 1.29 is 9.47 Å². The van der Waals surface area contributed by atoms with E-state index in [1.165, 1.54) is 0 Å². The average Bonchev–Trinajstić information content (AvgIpc) is 2.35. The van der Waals surface area contributed by atoms with Crippen molar-refractivity contribution in [2.75, 3.05) is 38.8 Å². The first-order valence-electron chi connectivity index (χ1n) is 5.28. The third kappa shape index (κ3) is 5.05. The lowest BCUT2D eigenvalue weighted by Crippen LogP contribution is -2.12. The van der Waals surface area contributed by atoms with Gasteiger partial charge in [0.25, 0.3) is 0 Å². The van der Waals surface area contributed by atoms with Crippen LogP contribution in [0.3, 0.4) is 0 Å². The first kappa shape index (κ1) is 13.8. The van der Waals surface area contributed by atoms with E-state index in [0.717, 1.165) is 5.69 Å². The molecule has 17 heavy (non-hydrogen) atoms. The number of nitrogens with one attached hydrogen (secondary N) is 1. The van der Waals surface area contributed by atoms with Crippen molar-refractivity contribution >= 4 is 17.3 Å². The van der Waals surface area contributed by atoms with Crippen LogP contribution < -0.4 is 5.32 Å². The Morgan fingerprint density at radius 3 is 2.88 bits per heavy atom. The van der Waals surface area contributed by atoms with Crippen molar-refractivity contribution in [1.82, 2.24) is 0 Å². The van der Waals surface area contributed by atoms with Gasteiger partial charge in [0.05, 0.1) is 31.1 Å². The first-order valence-corrected chi connectivity index (χ1v) is 5.66. The van der Waals surface area contributed by atoms with Gasteiger partial charge in [-0.2, -0.15) is 5.26 Å². The Labute approximate surface area is 106 Å². The van der Waals surface area contributed by atoms with E-state index in [1.54, 1.807) is 25.3 Å². The van der Waals surface area contributed by atoms with Gasteiger partial charge in [-0.15, -0.1) is 0 Å². The molecular formula is C12H15ClN2O2. The van der Waals surface area contributed by atoms with Crippen LogP contribution in [0.2, 0.25) is 5.02 Å². The van der Waals surface area contributed by atoms with Crippen LogP contribution in [-0.2, 0) is 9.47 Å². The van der Waals surface area contributed by atoms with Gasteiger partial charge in [-0.25, -0.2) is 0 Å². The molecule has 0 spiro atoms. The van der Waals surface area contributed by atoms with E-state index in [0.29, 0.717) is 37.0 Å². The fraction of sp³-hybridized carbons (Fsp3) is 0.417. The highest BCUT2D eigenvalue weighted by molar-refractivity contribution is 6.30. The normalized spacial score (nSPS) is 9.94. The molecule has 0 aliphatic heterocycles. The number of hydrogen-bond acceptors (Lipinski definition) is 4. The van der Waals surface area contributed by atoms with Crippen molar-refractivity contribution in [2.45, 2.75) is 0 Å². The van der Waals surface area contributed by atoms with Crippen molar-refractivity contribution in [3.05, 3.63) is 28.8 Å². The predicted octanol–water partition coefficient (Wildman–Crippen LogP) is 2.29. The van der Waals surface area contributed by atoms with Crippen LogP contribution in [0.1, 0.15) is 5.56 Å². The van der Waals surface area contributed by atoms with E-state index in [2.05, 4.69) is 11.4 Å². The number of nitrogens with zero attached hydrogens (tertiary/aromatic N) is 1. The highest BCUT2D eigenvalue weighted by Gasteiger charge is 2.01. The van der Waals surface area contributed by atoms with Crippen LogP contribution in [0.4, 0.5) is 5.69 Å². The molecule has 0 heterocycles. The van der Waals surface area contributed by atoms with Crippen LogP contribution in [0.15, 0.2) is 18.2 Å². The molecule has 1 N–H and O–H groups in total. The molecule has 0 saturated heterocycles. The average molecular weight is 255 g/mol. The van der Waals surface area contributed by atoms with E-state index in [1.807, 2.05) is 0 Å². The Morgan fingerprint density at radius 1 is 1.35 bits per heavy atom. The number of ether oxygens (including phenoxy) is 2. The molecule has 92 valence electrons. The molecule has 0 aromatic heterocycles. The number of anilines is 1. The first-order chi connectivity index (χ1) is 8.27. The zero-order valence-corrected chi connectivity index (χ0v) is 10.5. The van der Waals surface area contributed by atoms with Crippen LogP contribution in [-0.4, -0.2) is 33.5 Å². The molecule has 0 aliphatic carbocycles. The summed E-state index contributed by atoms with van der Waals surface area (Å²) in [5.74, 6) is 0. The van der Waals surface area contributed by atoms with Gasteiger partial charge in [0, 0.05) is 18.7 Å². The smallest absolute Gasteiger partial charge is 0.101 e. The molecule has 1 aromatic carbocycles. The quantitative estimate of drug-likeness (QED) is 0.759. The Hall–Kier alpha value is -1.28. The summed E-state index contributed by atoms with van der Waals surface area (Å²) in [4.78, 5) is 0. The van der Waals surface area contributed by atoms with Gasteiger partial charge < -0.3 is 14.8 Å². The molecule has 0 fully saturated rings. The second kappa shape index (κ2) is 7.91. The maximum atomic E-state index is 8.92. The van der Waals surface area contributed by atoms with E-state index in [4.69, 9.17) is 26.3 Å². The Balaban J connectivity index is 2.34. The fourth-order valence-electron chi connectivity index (χ4n) is 1.27. The number of halogens is 1. The molecule has 5 heteroatoms. The summed E-state index contributed by atoms with van der Waals surface area (Å²) >= 11 is 5.80. The standard InChI is InChI=1S/C12H15ClN2O2/c1-16-6-7-17-5-4-15-12-3-2-11(13)8-10(12)9-14/h2-3,8,15H,4-7H2,1H3. The Bertz CT molecular complexity index is 391. The van der Waals surface area contributed by atoms with Gasteiger partial charge in [-0.3, -0.25) is 0 Å². The summed E-state index contributed by atoms with van der Waals surface area (Å²) < 4.78 is 10.1. The molecule has 0 saturated carbocycles. The molecule has 0 bridgehead atoms. The molecular weight excluding hydrogens is 240 g/mol. The third-order valence-electron chi connectivity index (χ3n) is 2.10. The Morgan fingerprint density at radius 2 is 2.18 bits per heavy atom. The second-order valence-electron chi connectivity index (χ2n) is 3.33. The van der Waals surface area contributed by atoms with Crippen molar-refractivity contribution in [2.24, 2.45) is 0 Å². The molecule has 1 rings (SSSR count). The van der Waals surface area contributed by atoms with Crippen LogP contribution in [0.25, 0.3) is 0 Å². The van der Waals surface area contributed by atoms with Crippen LogP contribution >= 0.6 is 11.6 Å². The molecule has 0 atom stereocenters. The lowest BCUT2D eigenvalue weighted by molar-refractivity contribution is 0.0759. The monoisotopic (exact) mass is 254 g/mol. The summed E-state index contributed by atoms with van der Waals surface area (Å²) in [6.45, 7) is 2.37. The molecule has 0 aliphatic rings. The zero-order valence-electron chi connectivity index (χ0n) is 9.70. The SMILES string of the molecule is COCCOCCNc1ccc(Cl)cc1C#N. The van der Waals surface area contributed by atoms with Gasteiger partial charge in [0.2, 0.25) is 0 Å².